The lowest BCUT2D eigenvalue weighted by Gasteiger charge is -2.23. The van der Waals surface area contributed by atoms with Crippen LogP contribution in [0.1, 0.15) is 38.2 Å². The zero-order valence-electron chi connectivity index (χ0n) is 12.6. The number of nitrogens with one attached hydrogen (secondary N) is 2. The molecule has 1 heterocycles. The summed E-state index contributed by atoms with van der Waals surface area (Å²) in [6.07, 6.45) is -0.882. The molecule has 0 spiro atoms. The standard InChI is InChI=1S/C15H19N3O3/c1-9(13(19)16-15(2,3)4)21-14(20)12-10-7-5-6-8-11(10)17-18-12/h5-9H,1-4H3,(H,16,19)(H,17,18)/t9-/m1/s1. The number of rotatable bonds is 3. The average molecular weight is 289 g/mol. The summed E-state index contributed by atoms with van der Waals surface area (Å²) in [4.78, 5) is 24.0. The van der Waals surface area contributed by atoms with Gasteiger partial charge in [0.05, 0.1) is 5.52 Å². The summed E-state index contributed by atoms with van der Waals surface area (Å²) in [6, 6.07) is 7.24. The molecule has 112 valence electrons. The van der Waals surface area contributed by atoms with Crippen LogP contribution >= 0.6 is 0 Å². The van der Waals surface area contributed by atoms with Crippen LogP contribution in [0.15, 0.2) is 24.3 Å². The monoisotopic (exact) mass is 289 g/mol. The number of aromatic nitrogens is 2. The van der Waals surface area contributed by atoms with Crippen LogP contribution in [0.3, 0.4) is 0 Å². The molecule has 0 saturated carbocycles. The molecule has 0 aliphatic carbocycles. The zero-order valence-corrected chi connectivity index (χ0v) is 12.6. The second kappa shape index (κ2) is 5.55. The number of H-pyrrole nitrogens is 1. The van der Waals surface area contributed by atoms with Crippen molar-refractivity contribution < 1.29 is 14.3 Å². The molecule has 0 aliphatic heterocycles. The van der Waals surface area contributed by atoms with E-state index in [9.17, 15) is 9.59 Å². The Hall–Kier alpha value is -2.37. The average Bonchev–Trinajstić information content (AvgIpc) is 2.80. The van der Waals surface area contributed by atoms with E-state index in [0.29, 0.717) is 5.39 Å². The second-order valence-electron chi connectivity index (χ2n) is 5.90. The van der Waals surface area contributed by atoms with Crippen molar-refractivity contribution in [3.8, 4) is 0 Å². The SMILES string of the molecule is C[C@@H](OC(=O)c1n[nH]c2ccccc12)C(=O)NC(C)(C)C. The van der Waals surface area contributed by atoms with Crippen LogP contribution in [0.25, 0.3) is 10.9 Å². The highest BCUT2D eigenvalue weighted by atomic mass is 16.5. The predicted octanol–water partition coefficient (Wildman–Crippen LogP) is 2.02. The highest BCUT2D eigenvalue weighted by Gasteiger charge is 2.24. The fourth-order valence-electron chi connectivity index (χ4n) is 1.86. The van der Waals surface area contributed by atoms with E-state index in [1.807, 2.05) is 39.0 Å². The molecule has 1 aromatic carbocycles. The van der Waals surface area contributed by atoms with Gasteiger partial charge in [0.1, 0.15) is 0 Å². The number of benzene rings is 1. The van der Waals surface area contributed by atoms with Crippen LogP contribution in [0, 0.1) is 0 Å². The molecule has 2 rings (SSSR count). The van der Waals surface area contributed by atoms with Gasteiger partial charge in [-0.2, -0.15) is 5.10 Å². The summed E-state index contributed by atoms with van der Waals surface area (Å²) in [7, 11) is 0. The third kappa shape index (κ3) is 3.59. The largest absolute Gasteiger partial charge is 0.448 e. The van der Waals surface area contributed by atoms with Gasteiger partial charge in [0.2, 0.25) is 0 Å². The molecule has 0 aliphatic rings. The van der Waals surface area contributed by atoms with E-state index in [4.69, 9.17) is 4.74 Å². The van der Waals surface area contributed by atoms with Gasteiger partial charge in [-0.05, 0) is 33.8 Å². The minimum absolute atomic E-state index is 0.181. The molecule has 2 aromatic rings. The van der Waals surface area contributed by atoms with Gasteiger partial charge in [-0.25, -0.2) is 4.79 Å². The smallest absolute Gasteiger partial charge is 0.360 e. The first kappa shape index (κ1) is 15.0. The van der Waals surface area contributed by atoms with E-state index in [-0.39, 0.29) is 17.1 Å². The van der Waals surface area contributed by atoms with Crippen LogP contribution < -0.4 is 5.32 Å². The van der Waals surface area contributed by atoms with Crippen LogP contribution in [-0.4, -0.2) is 33.7 Å². The third-order valence-electron chi connectivity index (χ3n) is 2.81. The van der Waals surface area contributed by atoms with Crippen molar-refractivity contribution >= 4 is 22.8 Å². The van der Waals surface area contributed by atoms with Crippen molar-refractivity contribution in [3.05, 3.63) is 30.0 Å². The van der Waals surface area contributed by atoms with Crippen LogP contribution in [-0.2, 0) is 9.53 Å². The van der Waals surface area contributed by atoms with Gasteiger partial charge in [-0.15, -0.1) is 0 Å². The molecule has 0 saturated heterocycles. The number of hydrogen-bond acceptors (Lipinski definition) is 4. The van der Waals surface area contributed by atoms with Crippen molar-refractivity contribution in [2.75, 3.05) is 0 Å². The topological polar surface area (TPSA) is 84.1 Å². The Balaban J connectivity index is 2.09. The lowest BCUT2D eigenvalue weighted by Crippen LogP contribution is -2.46. The number of para-hydroxylation sites is 1. The summed E-state index contributed by atoms with van der Waals surface area (Å²) in [5.74, 6) is -0.959. The third-order valence-corrected chi connectivity index (χ3v) is 2.81. The minimum atomic E-state index is -0.882. The van der Waals surface area contributed by atoms with Crippen LogP contribution in [0.5, 0.6) is 0 Å². The number of nitrogens with zero attached hydrogens (tertiary/aromatic N) is 1. The lowest BCUT2D eigenvalue weighted by molar-refractivity contribution is -0.130. The number of carbonyl (C=O) groups excluding carboxylic acids is 2. The zero-order chi connectivity index (χ0) is 15.6. The second-order valence-corrected chi connectivity index (χ2v) is 5.90. The fraction of sp³-hybridized carbons (Fsp3) is 0.400. The van der Waals surface area contributed by atoms with E-state index in [0.717, 1.165) is 5.52 Å². The molecule has 1 amide bonds. The van der Waals surface area contributed by atoms with Gasteiger partial charge in [0, 0.05) is 10.9 Å². The first-order valence-electron chi connectivity index (χ1n) is 6.74. The number of amides is 1. The van der Waals surface area contributed by atoms with Gasteiger partial charge in [-0.1, -0.05) is 18.2 Å². The van der Waals surface area contributed by atoms with Gasteiger partial charge in [0.25, 0.3) is 5.91 Å². The van der Waals surface area contributed by atoms with E-state index < -0.39 is 12.1 Å². The molecule has 1 aromatic heterocycles. The van der Waals surface area contributed by atoms with Gasteiger partial charge in [0.15, 0.2) is 11.8 Å². The Kier molecular flexibility index (Phi) is 3.97. The quantitative estimate of drug-likeness (QED) is 0.847. The van der Waals surface area contributed by atoms with Crippen molar-refractivity contribution in [3.63, 3.8) is 0 Å². The predicted molar refractivity (Wildman–Crippen MR) is 78.9 cm³/mol. The maximum Gasteiger partial charge on any atom is 0.360 e. The number of fused-ring (bicyclic) bond motifs is 1. The van der Waals surface area contributed by atoms with Crippen molar-refractivity contribution in [2.45, 2.75) is 39.3 Å². The van der Waals surface area contributed by atoms with Gasteiger partial charge >= 0.3 is 5.97 Å². The number of aromatic amines is 1. The van der Waals surface area contributed by atoms with Crippen molar-refractivity contribution in [2.24, 2.45) is 0 Å². The Morgan fingerprint density at radius 1 is 1.29 bits per heavy atom. The molecule has 0 radical (unpaired) electrons. The lowest BCUT2D eigenvalue weighted by atomic mass is 10.1. The maximum atomic E-state index is 12.1. The van der Waals surface area contributed by atoms with E-state index in [1.165, 1.54) is 6.92 Å². The fourth-order valence-corrected chi connectivity index (χ4v) is 1.86. The summed E-state index contributed by atoms with van der Waals surface area (Å²) in [6.45, 7) is 7.12. The van der Waals surface area contributed by atoms with Crippen LogP contribution in [0.2, 0.25) is 0 Å². The molecule has 6 nitrogen and oxygen atoms in total. The summed E-state index contributed by atoms with van der Waals surface area (Å²) < 4.78 is 5.18. The molecule has 2 N–H and O–H groups in total. The molecular formula is C15H19N3O3. The maximum absolute atomic E-state index is 12.1. The summed E-state index contributed by atoms with van der Waals surface area (Å²) in [5.41, 5.74) is 0.550. The molecule has 6 heteroatoms. The number of hydrogen-bond donors (Lipinski definition) is 2. The van der Waals surface area contributed by atoms with E-state index in [2.05, 4.69) is 15.5 Å². The molecule has 0 bridgehead atoms. The Labute approximate surface area is 122 Å². The Morgan fingerprint density at radius 2 is 1.95 bits per heavy atom. The molecule has 0 unspecified atom stereocenters. The highest BCUT2D eigenvalue weighted by molar-refractivity contribution is 6.02. The van der Waals surface area contributed by atoms with Gasteiger partial charge in [-0.3, -0.25) is 9.89 Å². The Morgan fingerprint density at radius 3 is 2.62 bits per heavy atom. The van der Waals surface area contributed by atoms with Crippen molar-refractivity contribution in [1.29, 1.82) is 0 Å². The summed E-state index contributed by atoms with van der Waals surface area (Å²) >= 11 is 0. The van der Waals surface area contributed by atoms with Crippen molar-refractivity contribution in [1.82, 2.24) is 15.5 Å². The van der Waals surface area contributed by atoms with Crippen LogP contribution in [0.4, 0.5) is 0 Å². The number of ether oxygens (including phenoxy) is 1. The first-order chi connectivity index (χ1) is 9.78. The number of esters is 1. The molecule has 21 heavy (non-hydrogen) atoms. The number of carbonyl (C=O) groups is 2. The summed E-state index contributed by atoms with van der Waals surface area (Å²) in [5, 5.41) is 10.1. The Bertz CT molecular complexity index is 670. The molecular weight excluding hydrogens is 270 g/mol. The first-order valence-corrected chi connectivity index (χ1v) is 6.74. The van der Waals surface area contributed by atoms with E-state index >= 15 is 0 Å². The molecule has 1 atom stereocenters. The highest BCUT2D eigenvalue weighted by Crippen LogP contribution is 2.16. The van der Waals surface area contributed by atoms with Gasteiger partial charge < -0.3 is 10.1 Å². The molecule has 0 fully saturated rings. The normalized spacial score (nSPS) is 13.0. The van der Waals surface area contributed by atoms with E-state index in [1.54, 1.807) is 6.07 Å². The minimum Gasteiger partial charge on any atom is -0.448 e.